The zero-order chi connectivity index (χ0) is 15.5. The van der Waals surface area contributed by atoms with Crippen LogP contribution in [0.15, 0.2) is 24.5 Å². The number of hydrogen-bond acceptors (Lipinski definition) is 6. The van der Waals surface area contributed by atoms with Crippen LogP contribution in [0.2, 0.25) is 0 Å². The van der Waals surface area contributed by atoms with Gasteiger partial charge in [-0.2, -0.15) is 5.26 Å². The Morgan fingerprint density at radius 2 is 2.23 bits per heavy atom. The molecule has 0 bridgehead atoms. The highest BCUT2D eigenvalue weighted by Crippen LogP contribution is 2.35. The SMILES string of the molecule is COc1cc2c(cc1CNc1nccnc1C#N)OC(C)C2. The first-order valence-corrected chi connectivity index (χ1v) is 7.02. The van der Waals surface area contributed by atoms with Crippen molar-refractivity contribution < 1.29 is 9.47 Å². The summed E-state index contributed by atoms with van der Waals surface area (Å²) in [4.78, 5) is 8.11. The maximum absolute atomic E-state index is 9.04. The molecule has 2 aromatic rings. The highest BCUT2D eigenvalue weighted by molar-refractivity contribution is 5.52. The van der Waals surface area contributed by atoms with Crippen LogP contribution in [0.3, 0.4) is 0 Å². The molecule has 6 heteroatoms. The zero-order valence-corrected chi connectivity index (χ0v) is 12.5. The van der Waals surface area contributed by atoms with Gasteiger partial charge in [-0.15, -0.1) is 0 Å². The van der Waals surface area contributed by atoms with Gasteiger partial charge in [0.2, 0.25) is 0 Å². The van der Waals surface area contributed by atoms with Gasteiger partial charge in [0.15, 0.2) is 11.5 Å². The lowest BCUT2D eigenvalue weighted by molar-refractivity contribution is 0.254. The summed E-state index contributed by atoms with van der Waals surface area (Å²) >= 11 is 0. The third-order valence-electron chi connectivity index (χ3n) is 3.55. The molecule has 1 aliphatic rings. The number of rotatable bonds is 4. The van der Waals surface area contributed by atoms with Crippen LogP contribution in [-0.4, -0.2) is 23.2 Å². The molecule has 1 aliphatic heterocycles. The van der Waals surface area contributed by atoms with Gasteiger partial charge < -0.3 is 14.8 Å². The van der Waals surface area contributed by atoms with Crippen LogP contribution in [0.1, 0.15) is 23.7 Å². The van der Waals surface area contributed by atoms with Crippen molar-refractivity contribution in [1.29, 1.82) is 5.26 Å². The maximum atomic E-state index is 9.04. The van der Waals surface area contributed by atoms with E-state index in [9.17, 15) is 0 Å². The lowest BCUT2D eigenvalue weighted by Crippen LogP contribution is -2.06. The number of anilines is 1. The Balaban J connectivity index is 1.84. The van der Waals surface area contributed by atoms with Gasteiger partial charge in [-0.25, -0.2) is 9.97 Å². The van der Waals surface area contributed by atoms with E-state index in [-0.39, 0.29) is 11.8 Å². The van der Waals surface area contributed by atoms with Gasteiger partial charge in [-0.05, 0) is 19.1 Å². The minimum Gasteiger partial charge on any atom is -0.496 e. The molecule has 0 spiro atoms. The van der Waals surface area contributed by atoms with Crippen molar-refractivity contribution in [3.63, 3.8) is 0 Å². The third-order valence-corrected chi connectivity index (χ3v) is 3.55. The van der Waals surface area contributed by atoms with Gasteiger partial charge in [0.25, 0.3) is 0 Å². The molecular formula is C16H16N4O2. The van der Waals surface area contributed by atoms with Gasteiger partial charge in [-0.1, -0.05) is 0 Å². The molecule has 0 saturated heterocycles. The Bertz CT molecular complexity index is 739. The fraction of sp³-hybridized carbons (Fsp3) is 0.312. The molecule has 0 amide bonds. The number of nitrogens with zero attached hydrogens (tertiary/aromatic N) is 3. The Hall–Kier alpha value is -2.81. The quantitative estimate of drug-likeness (QED) is 0.932. The van der Waals surface area contributed by atoms with Crippen molar-refractivity contribution in [1.82, 2.24) is 9.97 Å². The van der Waals surface area contributed by atoms with E-state index in [0.717, 1.165) is 29.0 Å². The Morgan fingerprint density at radius 1 is 1.41 bits per heavy atom. The molecular weight excluding hydrogens is 280 g/mol. The second kappa shape index (κ2) is 5.90. The fourth-order valence-electron chi connectivity index (χ4n) is 2.54. The van der Waals surface area contributed by atoms with E-state index in [1.54, 1.807) is 13.3 Å². The van der Waals surface area contributed by atoms with Crippen LogP contribution in [0.4, 0.5) is 5.82 Å². The van der Waals surface area contributed by atoms with Crippen molar-refractivity contribution in [3.8, 4) is 17.6 Å². The van der Waals surface area contributed by atoms with Crippen LogP contribution in [0.5, 0.6) is 11.5 Å². The molecule has 1 atom stereocenters. The van der Waals surface area contributed by atoms with E-state index < -0.39 is 0 Å². The predicted octanol–water partition coefficient (Wildman–Crippen LogP) is 2.29. The van der Waals surface area contributed by atoms with Gasteiger partial charge in [-0.3, -0.25) is 0 Å². The van der Waals surface area contributed by atoms with Crippen LogP contribution >= 0.6 is 0 Å². The number of nitriles is 1. The molecule has 3 rings (SSSR count). The minimum atomic E-state index is 0.188. The standard InChI is InChI=1S/C16H16N4O2/c1-10-5-11-6-14(21-2)12(7-15(11)22-10)9-20-16-13(8-17)18-3-4-19-16/h3-4,6-7,10H,5,9H2,1-2H3,(H,19,20). The molecule has 112 valence electrons. The average Bonchev–Trinajstić information content (AvgIpc) is 2.91. The zero-order valence-electron chi connectivity index (χ0n) is 12.5. The molecule has 1 N–H and O–H groups in total. The number of methoxy groups -OCH3 is 1. The van der Waals surface area contributed by atoms with E-state index in [2.05, 4.69) is 15.3 Å². The molecule has 6 nitrogen and oxygen atoms in total. The number of hydrogen-bond donors (Lipinski definition) is 1. The summed E-state index contributed by atoms with van der Waals surface area (Å²) in [5.74, 6) is 2.15. The van der Waals surface area contributed by atoms with E-state index in [1.165, 1.54) is 6.20 Å². The summed E-state index contributed by atoms with van der Waals surface area (Å²) < 4.78 is 11.2. The van der Waals surface area contributed by atoms with E-state index in [4.69, 9.17) is 14.7 Å². The first-order chi connectivity index (χ1) is 10.7. The normalized spacial score (nSPS) is 15.6. The molecule has 1 aromatic heterocycles. The van der Waals surface area contributed by atoms with Crippen molar-refractivity contribution in [2.75, 3.05) is 12.4 Å². The largest absolute Gasteiger partial charge is 0.496 e. The monoisotopic (exact) mass is 296 g/mol. The topological polar surface area (TPSA) is 80.1 Å². The summed E-state index contributed by atoms with van der Waals surface area (Å²) in [6, 6.07) is 6.01. The van der Waals surface area contributed by atoms with Crippen LogP contribution in [0.25, 0.3) is 0 Å². The number of benzene rings is 1. The summed E-state index contributed by atoms with van der Waals surface area (Å²) in [5.41, 5.74) is 2.38. The lowest BCUT2D eigenvalue weighted by Gasteiger charge is -2.12. The Labute approximate surface area is 128 Å². The smallest absolute Gasteiger partial charge is 0.182 e. The van der Waals surface area contributed by atoms with Crippen LogP contribution in [0, 0.1) is 11.3 Å². The van der Waals surface area contributed by atoms with Crippen molar-refractivity contribution in [3.05, 3.63) is 41.3 Å². The number of nitrogens with one attached hydrogen (secondary N) is 1. The second-order valence-corrected chi connectivity index (χ2v) is 5.12. The maximum Gasteiger partial charge on any atom is 0.182 e. The van der Waals surface area contributed by atoms with E-state index in [0.29, 0.717) is 12.4 Å². The minimum absolute atomic E-state index is 0.188. The number of fused-ring (bicyclic) bond motifs is 1. The Kier molecular flexibility index (Phi) is 3.79. The molecule has 0 saturated carbocycles. The van der Waals surface area contributed by atoms with Crippen molar-refractivity contribution in [2.24, 2.45) is 0 Å². The highest BCUT2D eigenvalue weighted by Gasteiger charge is 2.21. The first-order valence-electron chi connectivity index (χ1n) is 7.02. The fourth-order valence-corrected chi connectivity index (χ4v) is 2.54. The Morgan fingerprint density at radius 3 is 3.00 bits per heavy atom. The highest BCUT2D eigenvalue weighted by atomic mass is 16.5. The first kappa shape index (κ1) is 14.1. The molecule has 2 heterocycles. The van der Waals surface area contributed by atoms with Gasteiger partial charge >= 0.3 is 0 Å². The van der Waals surface area contributed by atoms with Gasteiger partial charge in [0.1, 0.15) is 23.7 Å². The molecule has 0 aliphatic carbocycles. The van der Waals surface area contributed by atoms with Crippen molar-refractivity contribution in [2.45, 2.75) is 26.0 Å². The van der Waals surface area contributed by atoms with Gasteiger partial charge in [0, 0.05) is 36.5 Å². The molecule has 22 heavy (non-hydrogen) atoms. The van der Waals surface area contributed by atoms with Gasteiger partial charge in [0.05, 0.1) is 7.11 Å². The lowest BCUT2D eigenvalue weighted by atomic mass is 10.1. The molecule has 0 radical (unpaired) electrons. The molecule has 1 unspecified atom stereocenters. The second-order valence-electron chi connectivity index (χ2n) is 5.12. The number of aromatic nitrogens is 2. The number of ether oxygens (including phenoxy) is 2. The van der Waals surface area contributed by atoms with Crippen molar-refractivity contribution >= 4 is 5.82 Å². The summed E-state index contributed by atoms with van der Waals surface area (Å²) in [6.45, 7) is 2.52. The summed E-state index contributed by atoms with van der Waals surface area (Å²) in [5, 5.41) is 12.2. The predicted molar refractivity (Wildman–Crippen MR) is 80.9 cm³/mol. The molecule has 1 aromatic carbocycles. The average molecular weight is 296 g/mol. The summed E-state index contributed by atoms with van der Waals surface area (Å²) in [6.07, 6.45) is 4.12. The van der Waals surface area contributed by atoms with Crippen LogP contribution in [-0.2, 0) is 13.0 Å². The molecule has 0 fully saturated rings. The third kappa shape index (κ3) is 2.66. The van der Waals surface area contributed by atoms with E-state index in [1.807, 2.05) is 25.1 Å². The summed E-state index contributed by atoms with van der Waals surface area (Å²) in [7, 11) is 1.65. The van der Waals surface area contributed by atoms with E-state index >= 15 is 0 Å². The van der Waals surface area contributed by atoms with Crippen LogP contribution < -0.4 is 14.8 Å².